The Hall–Kier alpha value is -3.32. The third kappa shape index (κ3) is 5.09. The first-order chi connectivity index (χ1) is 16.2. The first kappa shape index (κ1) is 25.3. The van der Waals surface area contributed by atoms with Crippen LogP contribution in [0.2, 0.25) is 0 Å². The van der Waals surface area contributed by atoms with Gasteiger partial charge in [0.1, 0.15) is 17.3 Å². The highest BCUT2D eigenvalue weighted by Crippen LogP contribution is 2.40. The van der Waals surface area contributed by atoms with E-state index in [1.807, 2.05) is 38.1 Å². The largest absolute Gasteiger partial charge is 0.507 e. The van der Waals surface area contributed by atoms with Gasteiger partial charge < -0.3 is 24.2 Å². The molecular weight excluding hydrogens is 434 g/mol. The maximum Gasteiger partial charge on any atom is 0.295 e. The van der Waals surface area contributed by atoms with Gasteiger partial charge in [0.2, 0.25) is 0 Å². The molecule has 0 radical (unpaired) electrons. The number of Topliss-reactive ketones (excluding diaryl/α,β-unsaturated/α-hetero) is 1. The highest BCUT2D eigenvalue weighted by atomic mass is 16.5. The van der Waals surface area contributed by atoms with Crippen molar-refractivity contribution in [3.05, 3.63) is 64.2 Å². The Balaban J connectivity index is 2.11. The quantitative estimate of drug-likeness (QED) is 0.334. The van der Waals surface area contributed by atoms with Crippen LogP contribution in [0.4, 0.5) is 0 Å². The number of ether oxygens (including phenoxy) is 3. The summed E-state index contributed by atoms with van der Waals surface area (Å²) in [5, 5.41) is 11.3. The second-order valence-electron chi connectivity index (χ2n) is 8.90. The molecule has 182 valence electrons. The van der Waals surface area contributed by atoms with E-state index in [1.54, 1.807) is 19.2 Å². The van der Waals surface area contributed by atoms with Gasteiger partial charge in [-0.1, -0.05) is 26.0 Å². The summed E-state index contributed by atoms with van der Waals surface area (Å²) in [4.78, 5) is 27.6. The summed E-state index contributed by atoms with van der Waals surface area (Å²) < 4.78 is 16.3. The number of carbonyl (C=O) groups excluding carboxylic acids is 2. The molecule has 1 unspecified atom stereocenters. The number of aliphatic hydroxyl groups excluding tert-OH is 1. The maximum absolute atomic E-state index is 13.1. The first-order valence-electron chi connectivity index (χ1n) is 11.3. The van der Waals surface area contributed by atoms with E-state index >= 15 is 0 Å². The molecule has 1 amide bonds. The molecule has 0 bridgehead atoms. The van der Waals surface area contributed by atoms with Gasteiger partial charge in [-0.2, -0.15) is 0 Å². The average molecular weight is 468 g/mol. The molecule has 1 N–H and O–H groups in total. The van der Waals surface area contributed by atoms with Crippen molar-refractivity contribution in [3.63, 3.8) is 0 Å². The highest BCUT2D eigenvalue weighted by Gasteiger charge is 2.46. The van der Waals surface area contributed by atoms with Crippen LogP contribution in [0.25, 0.3) is 5.76 Å². The van der Waals surface area contributed by atoms with Crippen molar-refractivity contribution < 1.29 is 28.9 Å². The number of ketones is 1. The van der Waals surface area contributed by atoms with Gasteiger partial charge >= 0.3 is 0 Å². The zero-order valence-electron chi connectivity index (χ0n) is 20.7. The number of methoxy groups -OCH3 is 2. The summed E-state index contributed by atoms with van der Waals surface area (Å²) in [6.07, 6.45) is 0. The second kappa shape index (κ2) is 10.7. The Labute approximate surface area is 200 Å². The minimum absolute atomic E-state index is 0.0598. The molecule has 2 aromatic carbocycles. The highest BCUT2D eigenvalue weighted by molar-refractivity contribution is 6.46. The Kier molecular flexibility index (Phi) is 7.99. The summed E-state index contributed by atoms with van der Waals surface area (Å²) in [6, 6.07) is 10.1. The lowest BCUT2D eigenvalue weighted by molar-refractivity contribution is -0.140. The topological polar surface area (TPSA) is 85.3 Å². The van der Waals surface area contributed by atoms with Crippen molar-refractivity contribution in [2.24, 2.45) is 5.92 Å². The summed E-state index contributed by atoms with van der Waals surface area (Å²) in [5.74, 6) is 0.192. The van der Waals surface area contributed by atoms with E-state index in [4.69, 9.17) is 14.2 Å². The number of nitrogens with zero attached hydrogens (tertiary/aromatic N) is 1. The van der Waals surface area contributed by atoms with Gasteiger partial charge in [0.25, 0.3) is 11.7 Å². The van der Waals surface area contributed by atoms with Gasteiger partial charge in [0, 0.05) is 19.2 Å². The van der Waals surface area contributed by atoms with Gasteiger partial charge in [-0.05, 0) is 60.7 Å². The van der Waals surface area contributed by atoms with Crippen LogP contribution in [-0.2, 0) is 14.3 Å². The summed E-state index contributed by atoms with van der Waals surface area (Å²) in [6.45, 7) is 8.89. The van der Waals surface area contributed by atoms with Gasteiger partial charge in [-0.15, -0.1) is 0 Å². The van der Waals surface area contributed by atoms with Crippen LogP contribution in [-0.4, -0.2) is 55.7 Å². The van der Waals surface area contributed by atoms with Crippen LogP contribution < -0.4 is 9.47 Å². The van der Waals surface area contributed by atoms with E-state index in [0.717, 1.165) is 11.1 Å². The summed E-state index contributed by atoms with van der Waals surface area (Å²) in [5.41, 5.74) is 2.80. The van der Waals surface area contributed by atoms with Crippen LogP contribution in [0.15, 0.2) is 42.0 Å². The Morgan fingerprint density at radius 2 is 1.74 bits per heavy atom. The molecule has 0 aliphatic carbocycles. The smallest absolute Gasteiger partial charge is 0.295 e. The molecule has 34 heavy (non-hydrogen) atoms. The number of hydrogen-bond donors (Lipinski definition) is 1. The van der Waals surface area contributed by atoms with Crippen LogP contribution in [0.5, 0.6) is 11.5 Å². The van der Waals surface area contributed by atoms with Crippen LogP contribution >= 0.6 is 0 Å². The van der Waals surface area contributed by atoms with Gasteiger partial charge in [-0.3, -0.25) is 9.59 Å². The number of rotatable bonds is 9. The third-order valence-corrected chi connectivity index (χ3v) is 5.85. The Morgan fingerprint density at radius 3 is 2.32 bits per heavy atom. The van der Waals surface area contributed by atoms with Gasteiger partial charge in [0.05, 0.1) is 31.9 Å². The number of amides is 1. The summed E-state index contributed by atoms with van der Waals surface area (Å²) in [7, 11) is 3.12. The van der Waals surface area contributed by atoms with Crippen molar-refractivity contribution >= 4 is 17.4 Å². The molecule has 1 heterocycles. The summed E-state index contributed by atoms with van der Waals surface area (Å²) >= 11 is 0. The molecule has 0 spiro atoms. The van der Waals surface area contributed by atoms with Crippen LogP contribution in [0.1, 0.15) is 42.1 Å². The predicted molar refractivity (Wildman–Crippen MR) is 130 cm³/mol. The van der Waals surface area contributed by atoms with Crippen molar-refractivity contribution in [1.29, 1.82) is 0 Å². The monoisotopic (exact) mass is 467 g/mol. The fourth-order valence-electron chi connectivity index (χ4n) is 4.07. The molecule has 0 aromatic heterocycles. The average Bonchev–Trinajstić information content (AvgIpc) is 3.07. The van der Waals surface area contributed by atoms with Crippen molar-refractivity contribution in [2.45, 2.75) is 33.7 Å². The molecule has 0 saturated carbocycles. The van der Waals surface area contributed by atoms with Crippen molar-refractivity contribution in [2.75, 3.05) is 34.0 Å². The van der Waals surface area contributed by atoms with E-state index in [2.05, 4.69) is 13.8 Å². The van der Waals surface area contributed by atoms with Crippen molar-refractivity contribution in [1.82, 2.24) is 4.90 Å². The number of carbonyl (C=O) groups is 2. The minimum Gasteiger partial charge on any atom is -0.507 e. The number of aliphatic hydroxyl groups is 1. The minimum atomic E-state index is -0.740. The zero-order valence-corrected chi connectivity index (χ0v) is 20.7. The number of hydrogen-bond acceptors (Lipinski definition) is 6. The predicted octanol–water partition coefficient (Wildman–Crippen LogP) is 4.41. The molecule has 7 heteroatoms. The molecule has 1 atom stereocenters. The molecular formula is C27H33NO6. The van der Waals surface area contributed by atoms with Crippen LogP contribution in [0.3, 0.4) is 0 Å². The fraction of sp³-hybridized carbons (Fsp3) is 0.407. The lowest BCUT2D eigenvalue weighted by Gasteiger charge is -2.25. The van der Waals surface area contributed by atoms with E-state index in [0.29, 0.717) is 35.2 Å². The molecule has 3 rings (SSSR count). The number of likely N-dealkylation sites (tertiary alicyclic amines) is 1. The molecule has 1 aliphatic heterocycles. The lowest BCUT2D eigenvalue weighted by atomic mass is 9.93. The normalized spacial score (nSPS) is 17.5. The molecule has 1 saturated heterocycles. The van der Waals surface area contributed by atoms with E-state index in [9.17, 15) is 14.7 Å². The lowest BCUT2D eigenvalue weighted by Crippen LogP contribution is -2.32. The maximum atomic E-state index is 13.1. The third-order valence-electron chi connectivity index (χ3n) is 5.85. The van der Waals surface area contributed by atoms with Crippen molar-refractivity contribution in [3.8, 4) is 11.5 Å². The van der Waals surface area contributed by atoms with E-state index in [-0.39, 0.29) is 24.5 Å². The SMILES string of the molecule is COCCN1C(=O)C(=O)/C(=C(/O)c2cc(C)c(OC)cc2C)C1c1ccc(OCC(C)C)cc1. The first-order valence-corrected chi connectivity index (χ1v) is 11.3. The van der Waals surface area contributed by atoms with E-state index in [1.165, 1.54) is 12.0 Å². The number of aryl methyl sites for hydroxylation is 2. The molecule has 1 fully saturated rings. The Bertz CT molecular complexity index is 1090. The second-order valence-corrected chi connectivity index (χ2v) is 8.90. The molecule has 2 aromatic rings. The molecule has 7 nitrogen and oxygen atoms in total. The fourth-order valence-corrected chi connectivity index (χ4v) is 4.07. The van der Waals surface area contributed by atoms with E-state index < -0.39 is 17.7 Å². The van der Waals surface area contributed by atoms with Gasteiger partial charge in [-0.25, -0.2) is 0 Å². The van der Waals surface area contributed by atoms with Crippen LogP contribution in [0, 0.1) is 19.8 Å². The standard InChI is InChI=1S/C27H33NO6/c1-16(2)15-34-20-9-7-19(8-10-20)24-23(26(30)27(31)28(24)11-12-32-5)25(29)21-13-18(4)22(33-6)14-17(21)3/h7-10,13-14,16,24,29H,11-12,15H2,1-6H3/b25-23+. The zero-order chi connectivity index (χ0) is 25.0. The Morgan fingerprint density at radius 1 is 1.06 bits per heavy atom. The molecule has 1 aliphatic rings. The van der Waals surface area contributed by atoms with Gasteiger partial charge in [0.15, 0.2) is 0 Å². The number of benzene rings is 2.